The maximum absolute atomic E-state index is 12.6. The molecular weight excluding hydrogens is 252 g/mol. The number of ether oxygens (including phenoxy) is 1. The van der Waals surface area contributed by atoms with Crippen LogP contribution >= 0.6 is 0 Å². The van der Waals surface area contributed by atoms with E-state index in [2.05, 4.69) is 17.6 Å². The fourth-order valence-electron chi connectivity index (χ4n) is 3.17. The highest BCUT2D eigenvalue weighted by molar-refractivity contribution is 5.95. The van der Waals surface area contributed by atoms with Gasteiger partial charge in [-0.1, -0.05) is 19.8 Å². The molecule has 108 valence electrons. The Bertz CT molecular complexity index is 507. The molecule has 0 bridgehead atoms. The van der Waals surface area contributed by atoms with Gasteiger partial charge in [-0.15, -0.1) is 0 Å². The molecule has 0 amide bonds. The summed E-state index contributed by atoms with van der Waals surface area (Å²) in [4.78, 5) is 12.6. The summed E-state index contributed by atoms with van der Waals surface area (Å²) in [5.74, 6) is 2.07. The number of hydrogen-bond donors (Lipinski definition) is 2. The molecule has 2 aliphatic rings. The van der Waals surface area contributed by atoms with Gasteiger partial charge in [-0.05, 0) is 30.9 Å². The Hall–Kier alpha value is -1.71. The van der Waals surface area contributed by atoms with Gasteiger partial charge in [0.15, 0.2) is 11.9 Å². The summed E-state index contributed by atoms with van der Waals surface area (Å²) in [6.07, 6.45) is 4.11. The third-order valence-electron chi connectivity index (χ3n) is 4.53. The Morgan fingerprint density at radius 3 is 2.55 bits per heavy atom. The molecule has 1 fully saturated rings. The van der Waals surface area contributed by atoms with Crippen molar-refractivity contribution in [3.63, 3.8) is 0 Å². The van der Waals surface area contributed by atoms with E-state index in [1.807, 2.05) is 18.2 Å². The van der Waals surface area contributed by atoms with E-state index < -0.39 is 0 Å². The molecule has 0 aromatic heterocycles. The minimum absolute atomic E-state index is 0.201. The molecule has 1 unspecified atom stereocenters. The molecular formula is C16H22N2O2. The highest BCUT2D eigenvalue weighted by Gasteiger charge is 2.33. The molecule has 1 aliphatic heterocycles. The van der Waals surface area contributed by atoms with Gasteiger partial charge >= 0.3 is 0 Å². The first-order valence-corrected chi connectivity index (χ1v) is 7.42. The maximum Gasteiger partial charge on any atom is 0.178 e. The summed E-state index contributed by atoms with van der Waals surface area (Å²) >= 11 is 0. The van der Waals surface area contributed by atoms with E-state index in [1.54, 1.807) is 7.11 Å². The number of methoxy groups -OCH3 is 1. The molecule has 1 saturated carbocycles. The first-order valence-electron chi connectivity index (χ1n) is 7.42. The molecule has 20 heavy (non-hydrogen) atoms. The van der Waals surface area contributed by atoms with Crippen molar-refractivity contribution < 1.29 is 9.53 Å². The molecule has 2 N–H and O–H groups in total. The minimum Gasteiger partial charge on any atom is -0.497 e. The maximum atomic E-state index is 12.6. The zero-order chi connectivity index (χ0) is 14.1. The Kier molecular flexibility index (Phi) is 3.55. The standard InChI is InChI=1S/C16H22N2O2/c1-10-3-5-11(6-4-10)15(19)16-17-13-8-7-12(20-2)9-14(13)18-16/h7-11,16-18H,3-6H2,1-2H3. The monoisotopic (exact) mass is 274 g/mol. The second-order valence-corrected chi connectivity index (χ2v) is 5.99. The Morgan fingerprint density at radius 2 is 1.85 bits per heavy atom. The number of carbonyl (C=O) groups is 1. The van der Waals surface area contributed by atoms with Crippen molar-refractivity contribution in [1.29, 1.82) is 0 Å². The summed E-state index contributed by atoms with van der Waals surface area (Å²) in [5, 5.41) is 6.55. The number of nitrogens with one attached hydrogen (secondary N) is 2. The topological polar surface area (TPSA) is 50.4 Å². The Labute approximate surface area is 119 Å². The molecule has 4 nitrogen and oxygen atoms in total. The van der Waals surface area contributed by atoms with Crippen molar-refractivity contribution in [3.05, 3.63) is 18.2 Å². The van der Waals surface area contributed by atoms with Gasteiger partial charge in [-0.25, -0.2) is 0 Å². The number of benzene rings is 1. The summed E-state index contributed by atoms with van der Waals surface area (Å²) in [6.45, 7) is 2.27. The molecule has 1 aromatic rings. The first kappa shape index (κ1) is 13.3. The molecule has 3 rings (SSSR count). The van der Waals surface area contributed by atoms with Crippen LogP contribution in [0.5, 0.6) is 5.75 Å². The van der Waals surface area contributed by atoms with E-state index in [-0.39, 0.29) is 12.1 Å². The van der Waals surface area contributed by atoms with Gasteiger partial charge in [0.1, 0.15) is 5.75 Å². The van der Waals surface area contributed by atoms with E-state index in [1.165, 1.54) is 12.8 Å². The fraction of sp³-hybridized carbons (Fsp3) is 0.562. The third-order valence-corrected chi connectivity index (χ3v) is 4.53. The zero-order valence-electron chi connectivity index (χ0n) is 12.1. The van der Waals surface area contributed by atoms with Crippen molar-refractivity contribution in [3.8, 4) is 5.75 Å². The van der Waals surface area contributed by atoms with E-state index in [9.17, 15) is 4.79 Å². The smallest absolute Gasteiger partial charge is 0.178 e. The second kappa shape index (κ2) is 5.35. The summed E-state index contributed by atoms with van der Waals surface area (Å²) in [5.41, 5.74) is 1.93. The largest absolute Gasteiger partial charge is 0.497 e. The molecule has 0 radical (unpaired) electrons. The molecule has 1 aliphatic carbocycles. The van der Waals surface area contributed by atoms with Gasteiger partial charge in [-0.2, -0.15) is 0 Å². The second-order valence-electron chi connectivity index (χ2n) is 5.99. The number of fused-ring (bicyclic) bond motifs is 1. The van der Waals surface area contributed by atoms with Crippen molar-refractivity contribution in [2.75, 3.05) is 17.7 Å². The van der Waals surface area contributed by atoms with Crippen LogP contribution in [0.2, 0.25) is 0 Å². The summed E-state index contributed by atoms with van der Waals surface area (Å²) in [6, 6.07) is 5.79. The van der Waals surface area contributed by atoms with Gasteiger partial charge in [0.25, 0.3) is 0 Å². The lowest BCUT2D eigenvalue weighted by Crippen LogP contribution is -2.38. The van der Waals surface area contributed by atoms with E-state index in [0.717, 1.165) is 35.9 Å². The average Bonchev–Trinajstić information content (AvgIpc) is 2.90. The molecule has 4 heteroatoms. The minimum atomic E-state index is -0.282. The first-order chi connectivity index (χ1) is 9.67. The van der Waals surface area contributed by atoms with E-state index in [0.29, 0.717) is 5.78 Å². The van der Waals surface area contributed by atoms with Crippen molar-refractivity contribution in [2.24, 2.45) is 11.8 Å². The van der Waals surface area contributed by atoms with Crippen LogP contribution in [-0.4, -0.2) is 19.1 Å². The molecule has 0 saturated heterocycles. The van der Waals surface area contributed by atoms with E-state index >= 15 is 0 Å². The van der Waals surface area contributed by atoms with Gasteiger partial charge < -0.3 is 15.4 Å². The number of anilines is 2. The normalized spacial score (nSPS) is 28.2. The zero-order valence-corrected chi connectivity index (χ0v) is 12.1. The number of Topliss-reactive ketones (excluding diaryl/α,β-unsaturated/α-hetero) is 1. The number of hydrogen-bond acceptors (Lipinski definition) is 4. The van der Waals surface area contributed by atoms with Crippen molar-refractivity contribution in [1.82, 2.24) is 0 Å². The summed E-state index contributed by atoms with van der Waals surface area (Å²) < 4.78 is 5.21. The van der Waals surface area contributed by atoms with Crippen molar-refractivity contribution in [2.45, 2.75) is 38.8 Å². The average molecular weight is 274 g/mol. The highest BCUT2D eigenvalue weighted by atomic mass is 16.5. The molecule has 1 heterocycles. The third kappa shape index (κ3) is 2.47. The van der Waals surface area contributed by atoms with Crippen LogP contribution in [0.1, 0.15) is 32.6 Å². The Balaban J connectivity index is 1.67. The lowest BCUT2D eigenvalue weighted by atomic mass is 9.80. The van der Waals surface area contributed by atoms with Crippen LogP contribution in [0.25, 0.3) is 0 Å². The van der Waals surface area contributed by atoms with Gasteiger partial charge in [0, 0.05) is 12.0 Å². The van der Waals surface area contributed by atoms with Crippen LogP contribution in [0, 0.1) is 11.8 Å². The van der Waals surface area contributed by atoms with Crippen LogP contribution in [-0.2, 0) is 4.79 Å². The predicted molar refractivity (Wildman–Crippen MR) is 80.2 cm³/mol. The number of carbonyl (C=O) groups excluding carboxylic acids is 1. The number of rotatable bonds is 3. The van der Waals surface area contributed by atoms with Crippen molar-refractivity contribution >= 4 is 17.2 Å². The van der Waals surface area contributed by atoms with Crippen LogP contribution in [0.15, 0.2) is 18.2 Å². The van der Waals surface area contributed by atoms with Crippen LogP contribution in [0.3, 0.4) is 0 Å². The predicted octanol–water partition coefficient (Wildman–Crippen LogP) is 3.25. The Morgan fingerprint density at radius 1 is 1.15 bits per heavy atom. The molecule has 1 atom stereocenters. The SMILES string of the molecule is COc1ccc2c(c1)NC(C(=O)C1CCC(C)CC1)N2. The van der Waals surface area contributed by atoms with Gasteiger partial charge in [0.05, 0.1) is 18.5 Å². The molecule has 0 spiro atoms. The summed E-state index contributed by atoms with van der Waals surface area (Å²) in [7, 11) is 1.65. The molecule has 1 aromatic carbocycles. The quantitative estimate of drug-likeness (QED) is 0.888. The lowest BCUT2D eigenvalue weighted by Gasteiger charge is -2.27. The lowest BCUT2D eigenvalue weighted by molar-refractivity contribution is -0.124. The fourth-order valence-corrected chi connectivity index (χ4v) is 3.17. The van der Waals surface area contributed by atoms with Crippen LogP contribution < -0.4 is 15.4 Å². The number of ketones is 1. The highest BCUT2D eigenvalue weighted by Crippen LogP contribution is 2.35. The van der Waals surface area contributed by atoms with Gasteiger partial charge in [0.2, 0.25) is 0 Å². The van der Waals surface area contributed by atoms with E-state index in [4.69, 9.17) is 4.74 Å². The van der Waals surface area contributed by atoms with Crippen LogP contribution in [0.4, 0.5) is 11.4 Å². The van der Waals surface area contributed by atoms with Gasteiger partial charge in [-0.3, -0.25) is 4.79 Å².